The number of aromatic amines is 2. The Morgan fingerprint density at radius 3 is 2.70 bits per heavy atom. The third-order valence-electron chi connectivity index (χ3n) is 3.47. The highest BCUT2D eigenvalue weighted by atomic mass is 16.1. The molecule has 0 unspecified atom stereocenters. The Bertz CT molecular complexity index is 1010. The van der Waals surface area contributed by atoms with E-state index in [4.69, 9.17) is 5.73 Å². The zero-order valence-electron chi connectivity index (χ0n) is 11.9. The molecule has 3 N–H and O–H groups in total. The molecule has 7 nitrogen and oxygen atoms in total. The molecular formula is C16H11N6O. The molecule has 0 aliphatic rings. The summed E-state index contributed by atoms with van der Waals surface area (Å²) in [7, 11) is 0. The number of imidazole rings is 1. The lowest BCUT2D eigenvalue weighted by Gasteiger charge is -2.04. The molecule has 3 aromatic heterocycles. The van der Waals surface area contributed by atoms with Gasteiger partial charge in [-0.05, 0) is 18.2 Å². The van der Waals surface area contributed by atoms with Gasteiger partial charge in [-0.2, -0.15) is 0 Å². The van der Waals surface area contributed by atoms with Gasteiger partial charge in [-0.25, -0.2) is 15.0 Å². The second-order valence-corrected chi connectivity index (χ2v) is 5.00. The van der Waals surface area contributed by atoms with Gasteiger partial charge in [-0.1, -0.05) is 12.1 Å². The van der Waals surface area contributed by atoms with Crippen molar-refractivity contribution in [2.24, 2.45) is 0 Å². The normalized spacial score (nSPS) is 11.0. The maximum atomic E-state index is 11.2. The van der Waals surface area contributed by atoms with Gasteiger partial charge < -0.3 is 9.97 Å². The van der Waals surface area contributed by atoms with E-state index in [-0.39, 0.29) is 11.4 Å². The standard InChI is InChI=1S/C16H11N6O/c17-15-14(16-21-10-3-1-2-4-11(10)22-16)20-12(8-19-15)9-5-6-13(23)18-7-9/h1-8,17H,(H,18,23)(H,21,22). The van der Waals surface area contributed by atoms with Crippen LogP contribution in [-0.2, 0) is 0 Å². The molecule has 0 atom stereocenters. The van der Waals surface area contributed by atoms with Gasteiger partial charge in [0.2, 0.25) is 5.56 Å². The lowest BCUT2D eigenvalue weighted by molar-refractivity contribution is 1.13. The minimum absolute atomic E-state index is 0.0391. The molecule has 0 aliphatic carbocycles. The summed E-state index contributed by atoms with van der Waals surface area (Å²) in [5, 5.41) is 0. The highest BCUT2D eigenvalue weighted by Crippen LogP contribution is 2.26. The van der Waals surface area contributed by atoms with Crippen molar-refractivity contribution in [3.63, 3.8) is 0 Å². The van der Waals surface area contributed by atoms with E-state index in [1.54, 1.807) is 12.3 Å². The molecule has 0 fully saturated rings. The molecule has 0 amide bonds. The minimum Gasteiger partial charge on any atom is -0.337 e. The third-order valence-corrected chi connectivity index (χ3v) is 3.47. The number of hydrogen-bond acceptors (Lipinski definition) is 4. The van der Waals surface area contributed by atoms with E-state index in [1.807, 2.05) is 24.3 Å². The monoisotopic (exact) mass is 303 g/mol. The van der Waals surface area contributed by atoms with Crippen molar-refractivity contribution in [2.75, 3.05) is 0 Å². The number of H-pyrrole nitrogens is 2. The summed E-state index contributed by atoms with van der Waals surface area (Å²) in [6.07, 6.45) is 3.07. The van der Waals surface area contributed by atoms with E-state index in [1.165, 1.54) is 12.3 Å². The summed E-state index contributed by atoms with van der Waals surface area (Å²) in [4.78, 5) is 29.9. The van der Waals surface area contributed by atoms with Gasteiger partial charge >= 0.3 is 0 Å². The van der Waals surface area contributed by atoms with E-state index in [0.717, 1.165) is 16.6 Å². The van der Waals surface area contributed by atoms with Crippen LogP contribution in [0.1, 0.15) is 0 Å². The predicted octanol–water partition coefficient (Wildman–Crippen LogP) is 2.29. The lowest BCUT2D eigenvalue weighted by atomic mass is 10.2. The Balaban J connectivity index is 1.86. The van der Waals surface area contributed by atoms with Crippen LogP contribution in [0.15, 0.2) is 53.6 Å². The van der Waals surface area contributed by atoms with Crippen LogP contribution < -0.4 is 11.3 Å². The highest BCUT2D eigenvalue weighted by Gasteiger charge is 2.13. The fraction of sp³-hybridized carbons (Fsp3) is 0. The van der Waals surface area contributed by atoms with Crippen molar-refractivity contribution in [3.05, 3.63) is 59.1 Å². The molecule has 4 rings (SSSR count). The van der Waals surface area contributed by atoms with Gasteiger partial charge in [-0.15, -0.1) is 0 Å². The Labute approximate surface area is 130 Å². The number of pyridine rings is 1. The molecule has 7 heteroatoms. The number of para-hydroxylation sites is 2. The van der Waals surface area contributed by atoms with Crippen LogP contribution in [0.25, 0.3) is 33.8 Å². The molecule has 0 bridgehead atoms. The molecule has 1 aromatic carbocycles. The molecule has 23 heavy (non-hydrogen) atoms. The van der Waals surface area contributed by atoms with Gasteiger partial charge in [0.1, 0.15) is 0 Å². The molecule has 111 valence electrons. The van der Waals surface area contributed by atoms with E-state index >= 15 is 0 Å². The molecule has 0 saturated heterocycles. The van der Waals surface area contributed by atoms with Crippen molar-refractivity contribution in [2.45, 2.75) is 0 Å². The largest absolute Gasteiger partial charge is 0.337 e. The minimum atomic E-state index is -0.184. The summed E-state index contributed by atoms with van der Waals surface area (Å²) in [6, 6.07) is 10.7. The van der Waals surface area contributed by atoms with Crippen LogP contribution in [0.5, 0.6) is 0 Å². The number of hydrogen-bond donors (Lipinski definition) is 2. The van der Waals surface area contributed by atoms with Gasteiger partial charge in [0.05, 0.1) is 22.9 Å². The van der Waals surface area contributed by atoms with Gasteiger partial charge in [0.15, 0.2) is 17.3 Å². The zero-order chi connectivity index (χ0) is 15.8. The molecule has 3 heterocycles. The summed E-state index contributed by atoms with van der Waals surface area (Å²) >= 11 is 0. The highest BCUT2D eigenvalue weighted by molar-refractivity contribution is 5.80. The Kier molecular flexibility index (Phi) is 2.90. The Hall–Kier alpha value is -3.48. The fourth-order valence-corrected chi connectivity index (χ4v) is 2.33. The number of fused-ring (bicyclic) bond motifs is 1. The van der Waals surface area contributed by atoms with Crippen LogP contribution in [0.4, 0.5) is 5.82 Å². The maximum Gasteiger partial charge on any atom is 0.247 e. The Morgan fingerprint density at radius 1 is 1.04 bits per heavy atom. The van der Waals surface area contributed by atoms with Crippen molar-refractivity contribution < 1.29 is 0 Å². The first-order chi connectivity index (χ1) is 11.2. The SMILES string of the molecule is [NH]c1ncc(-c2ccc(=O)[nH]c2)nc1-c1nc2ccccc2[nH]1. The fourth-order valence-electron chi connectivity index (χ4n) is 2.33. The van der Waals surface area contributed by atoms with Gasteiger partial charge in [-0.3, -0.25) is 10.5 Å². The Morgan fingerprint density at radius 2 is 1.91 bits per heavy atom. The first-order valence-corrected chi connectivity index (χ1v) is 6.93. The molecule has 0 aliphatic heterocycles. The first-order valence-electron chi connectivity index (χ1n) is 6.93. The average molecular weight is 303 g/mol. The number of rotatable bonds is 2. The van der Waals surface area contributed by atoms with Crippen LogP contribution in [0.3, 0.4) is 0 Å². The maximum absolute atomic E-state index is 11.2. The van der Waals surface area contributed by atoms with Crippen molar-refractivity contribution in [3.8, 4) is 22.8 Å². The van der Waals surface area contributed by atoms with E-state index in [9.17, 15) is 4.79 Å². The van der Waals surface area contributed by atoms with Crippen molar-refractivity contribution in [1.82, 2.24) is 30.7 Å². The lowest BCUT2D eigenvalue weighted by Crippen LogP contribution is -2.02. The number of aromatic nitrogens is 5. The average Bonchev–Trinajstić information content (AvgIpc) is 3.00. The van der Waals surface area contributed by atoms with Crippen LogP contribution >= 0.6 is 0 Å². The van der Waals surface area contributed by atoms with E-state index in [0.29, 0.717) is 17.2 Å². The van der Waals surface area contributed by atoms with Crippen LogP contribution in [0.2, 0.25) is 0 Å². The second kappa shape index (κ2) is 5.06. The summed E-state index contributed by atoms with van der Waals surface area (Å²) in [5.74, 6) is 0.534. The quantitative estimate of drug-likeness (QED) is 0.591. The van der Waals surface area contributed by atoms with Crippen LogP contribution in [-0.4, -0.2) is 24.9 Å². The molecule has 1 radical (unpaired) electrons. The van der Waals surface area contributed by atoms with E-state index < -0.39 is 0 Å². The smallest absolute Gasteiger partial charge is 0.247 e. The molecule has 0 spiro atoms. The predicted molar refractivity (Wildman–Crippen MR) is 85.9 cm³/mol. The second-order valence-electron chi connectivity index (χ2n) is 5.00. The third kappa shape index (κ3) is 2.34. The summed E-state index contributed by atoms with van der Waals surface area (Å²) < 4.78 is 0. The van der Waals surface area contributed by atoms with Crippen molar-refractivity contribution >= 4 is 16.9 Å². The number of benzene rings is 1. The van der Waals surface area contributed by atoms with Crippen molar-refractivity contribution in [1.29, 1.82) is 0 Å². The van der Waals surface area contributed by atoms with E-state index in [2.05, 4.69) is 24.9 Å². The van der Waals surface area contributed by atoms with Gasteiger partial charge in [0, 0.05) is 17.8 Å². The number of nitrogens with one attached hydrogen (secondary N) is 3. The zero-order valence-corrected chi connectivity index (χ0v) is 11.9. The van der Waals surface area contributed by atoms with Gasteiger partial charge in [0.25, 0.3) is 0 Å². The topological polar surface area (TPSA) is 111 Å². The molecule has 0 saturated carbocycles. The summed E-state index contributed by atoms with van der Waals surface area (Å²) in [5.41, 5.74) is 11.1. The first kappa shape index (κ1) is 13.2. The van der Waals surface area contributed by atoms with Crippen LogP contribution in [0, 0.1) is 0 Å². The summed E-state index contributed by atoms with van der Waals surface area (Å²) in [6.45, 7) is 0. The number of nitrogens with zero attached hydrogens (tertiary/aromatic N) is 3. The molecular weight excluding hydrogens is 292 g/mol. The molecule has 4 aromatic rings.